The SMILES string of the molecule is Cc1nc(Nc2ccc(NC(=O)Nc3ccccc3)cc2)cc(-n2cccn2)n1. The van der Waals surface area contributed by atoms with Crippen LogP contribution in [0, 0.1) is 6.92 Å². The van der Waals surface area contributed by atoms with Crippen LogP contribution in [0.4, 0.5) is 27.7 Å². The maximum atomic E-state index is 12.1. The van der Waals surface area contributed by atoms with Crippen LogP contribution < -0.4 is 16.0 Å². The molecule has 3 N–H and O–H groups in total. The Kier molecular flexibility index (Phi) is 5.15. The van der Waals surface area contributed by atoms with E-state index in [0.29, 0.717) is 23.1 Å². The molecule has 144 valence electrons. The lowest BCUT2D eigenvalue weighted by Gasteiger charge is -2.10. The van der Waals surface area contributed by atoms with Gasteiger partial charge in [-0.25, -0.2) is 19.4 Å². The van der Waals surface area contributed by atoms with Crippen LogP contribution in [0.1, 0.15) is 5.82 Å². The van der Waals surface area contributed by atoms with Crippen molar-refractivity contribution in [3.63, 3.8) is 0 Å². The second-order valence-electron chi connectivity index (χ2n) is 6.26. The largest absolute Gasteiger partial charge is 0.340 e. The summed E-state index contributed by atoms with van der Waals surface area (Å²) in [7, 11) is 0. The number of aryl methyl sites for hydroxylation is 1. The van der Waals surface area contributed by atoms with Gasteiger partial charge >= 0.3 is 6.03 Å². The molecule has 2 heterocycles. The summed E-state index contributed by atoms with van der Waals surface area (Å²) < 4.78 is 1.68. The summed E-state index contributed by atoms with van der Waals surface area (Å²) >= 11 is 0. The van der Waals surface area contributed by atoms with E-state index in [4.69, 9.17) is 0 Å². The Hall–Kier alpha value is -4.20. The predicted octanol–water partition coefficient (Wildman–Crippen LogP) is 4.36. The van der Waals surface area contributed by atoms with E-state index in [0.717, 1.165) is 11.4 Å². The van der Waals surface area contributed by atoms with Crippen LogP contribution in [0.5, 0.6) is 0 Å². The zero-order chi connectivity index (χ0) is 20.1. The zero-order valence-electron chi connectivity index (χ0n) is 15.7. The predicted molar refractivity (Wildman–Crippen MR) is 113 cm³/mol. The Morgan fingerprint density at radius 2 is 1.55 bits per heavy atom. The number of hydrogen-bond donors (Lipinski definition) is 3. The van der Waals surface area contributed by atoms with Crippen molar-refractivity contribution in [2.75, 3.05) is 16.0 Å². The highest BCUT2D eigenvalue weighted by atomic mass is 16.2. The lowest BCUT2D eigenvalue weighted by molar-refractivity contribution is 0.262. The minimum atomic E-state index is -0.299. The molecule has 0 spiro atoms. The molecule has 2 amide bonds. The van der Waals surface area contributed by atoms with E-state index < -0.39 is 0 Å². The summed E-state index contributed by atoms with van der Waals surface area (Å²) in [6.07, 6.45) is 3.52. The molecule has 0 atom stereocenters. The summed E-state index contributed by atoms with van der Waals surface area (Å²) in [5, 5.41) is 13.0. The molecule has 0 radical (unpaired) electrons. The topological polar surface area (TPSA) is 96.8 Å². The molecule has 8 heteroatoms. The van der Waals surface area contributed by atoms with E-state index in [1.54, 1.807) is 10.9 Å². The summed E-state index contributed by atoms with van der Waals surface area (Å²) in [5.74, 6) is 1.97. The Balaban J connectivity index is 1.41. The number of urea groups is 1. The molecule has 0 saturated carbocycles. The number of anilines is 4. The summed E-state index contributed by atoms with van der Waals surface area (Å²) in [6.45, 7) is 1.83. The van der Waals surface area contributed by atoms with Crippen LogP contribution >= 0.6 is 0 Å². The monoisotopic (exact) mass is 385 g/mol. The molecule has 0 bridgehead atoms. The Morgan fingerprint density at radius 1 is 0.862 bits per heavy atom. The van der Waals surface area contributed by atoms with Gasteiger partial charge in [0.05, 0.1) is 0 Å². The van der Waals surface area contributed by atoms with Crippen molar-refractivity contribution < 1.29 is 4.79 Å². The minimum absolute atomic E-state index is 0.299. The Morgan fingerprint density at radius 3 is 2.24 bits per heavy atom. The van der Waals surface area contributed by atoms with Crippen molar-refractivity contribution in [3.05, 3.63) is 84.9 Å². The highest BCUT2D eigenvalue weighted by Crippen LogP contribution is 2.19. The lowest BCUT2D eigenvalue weighted by Crippen LogP contribution is -2.19. The number of amides is 2. The molecule has 0 saturated heterocycles. The third-order valence-corrected chi connectivity index (χ3v) is 4.01. The van der Waals surface area contributed by atoms with Crippen LogP contribution in [-0.4, -0.2) is 25.8 Å². The average molecular weight is 385 g/mol. The third-order valence-electron chi connectivity index (χ3n) is 4.01. The van der Waals surface area contributed by atoms with Gasteiger partial charge in [-0.2, -0.15) is 5.10 Å². The van der Waals surface area contributed by atoms with E-state index in [1.165, 1.54) is 0 Å². The number of carbonyl (C=O) groups excluding carboxylic acids is 1. The van der Waals surface area contributed by atoms with Crippen molar-refractivity contribution in [1.82, 2.24) is 19.7 Å². The number of benzene rings is 2. The van der Waals surface area contributed by atoms with Crippen LogP contribution in [-0.2, 0) is 0 Å². The first-order chi connectivity index (χ1) is 14.2. The smallest absolute Gasteiger partial charge is 0.323 e. The van der Waals surface area contributed by atoms with Gasteiger partial charge in [0.1, 0.15) is 11.6 Å². The van der Waals surface area contributed by atoms with Crippen molar-refractivity contribution in [2.24, 2.45) is 0 Å². The molecule has 4 rings (SSSR count). The van der Waals surface area contributed by atoms with Crippen molar-refractivity contribution in [3.8, 4) is 5.82 Å². The van der Waals surface area contributed by atoms with Crippen LogP contribution in [0.25, 0.3) is 5.82 Å². The number of carbonyl (C=O) groups is 1. The van der Waals surface area contributed by atoms with E-state index in [2.05, 4.69) is 31.0 Å². The lowest BCUT2D eigenvalue weighted by atomic mass is 10.2. The number of nitrogens with one attached hydrogen (secondary N) is 3. The van der Waals surface area contributed by atoms with Gasteiger partial charge in [-0.15, -0.1) is 0 Å². The highest BCUT2D eigenvalue weighted by molar-refractivity contribution is 5.99. The second kappa shape index (κ2) is 8.22. The van der Waals surface area contributed by atoms with Gasteiger partial charge in [0, 0.05) is 35.5 Å². The number of para-hydroxylation sites is 1. The molecule has 4 aromatic rings. The van der Waals surface area contributed by atoms with Crippen LogP contribution in [0.3, 0.4) is 0 Å². The van der Waals surface area contributed by atoms with Crippen molar-refractivity contribution >= 4 is 28.9 Å². The average Bonchev–Trinajstić information content (AvgIpc) is 3.25. The fourth-order valence-electron chi connectivity index (χ4n) is 2.74. The molecule has 0 fully saturated rings. The minimum Gasteiger partial charge on any atom is -0.340 e. The highest BCUT2D eigenvalue weighted by Gasteiger charge is 2.06. The molecule has 8 nitrogen and oxygen atoms in total. The molecular formula is C21H19N7O. The van der Waals surface area contributed by atoms with Gasteiger partial charge in [0.2, 0.25) is 0 Å². The fraction of sp³-hybridized carbons (Fsp3) is 0.0476. The molecular weight excluding hydrogens is 366 g/mol. The number of rotatable bonds is 5. The van der Waals surface area contributed by atoms with Crippen LogP contribution in [0.2, 0.25) is 0 Å². The van der Waals surface area contributed by atoms with Gasteiger partial charge in [0.25, 0.3) is 0 Å². The molecule has 0 aliphatic carbocycles. The summed E-state index contributed by atoms with van der Waals surface area (Å²) in [5.41, 5.74) is 2.25. The molecule has 2 aromatic heterocycles. The van der Waals surface area contributed by atoms with Gasteiger partial charge in [-0.1, -0.05) is 18.2 Å². The maximum Gasteiger partial charge on any atom is 0.323 e. The maximum absolute atomic E-state index is 12.1. The quantitative estimate of drug-likeness (QED) is 0.474. The fourth-order valence-corrected chi connectivity index (χ4v) is 2.74. The van der Waals surface area contributed by atoms with Gasteiger partial charge in [0.15, 0.2) is 5.82 Å². The first-order valence-corrected chi connectivity index (χ1v) is 9.01. The summed E-state index contributed by atoms with van der Waals surface area (Å²) in [6, 6.07) is 20.0. The standard InChI is InChI=1S/C21H19N7O/c1-15-23-19(14-20(24-15)28-13-5-12-22-28)25-17-8-10-18(11-9-17)27-21(29)26-16-6-3-2-4-7-16/h2-14H,1H3,(H,23,24,25)(H2,26,27,29). The van der Waals surface area contributed by atoms with Crippen LogP contribution in [0.15, 0.2) is 79.1 Å². The van der Waals surface area contributed by atoms with Gasteiger partial charge < -0.3 is 16.0 Å². The van der Waals surface area contributed by atoms with E-state index in [1.807, 2.05) is 79.9 Å². The number of nitrogens with zero attached hydrogens (tertiary/aromatic N) is 4. The normalized spacial score (nSPS) is 10.4. The van der Waals surface area contributed by atoms with E-state index in [9.17, 15) is 4.79 Å². The third kappa shape index (κ3) is 4.75. The van der Waals surface area contributed by atoms with Crippen molar-refractivity contribution in [2.45, 2.75) is 6.92 Å². The zero-order valence-corrected chi connectivity index (χ0v) is 15.7. The molecule has 2 aromatic carbocycles. The molecule has 0 unspecified atom stereocenters. The Bertz CT molecular complexity index is 1090. The first kappa shape index (κ1) is 18.2. The van der Waals surface area contributed by atoms with E-state index in [-0.39, 0.29) is 6.03 Å². The second-order valence-corrected chi connectivity index (χ2v) is 6.26. The van der Waals surface area contributed by atoms with E-state index >= 15 is 0 Å². The van der Waals surface area contributed by atoms with Crippen molar-refractivity contribution in [1.29, 1.82) is 0 Å². The first-order valence-electron chi connectivity index (χ1n) is 9.01. The van der Waals surface area contributed by atoms with Gasteiger partial charge in [-0.3, -0.25) is 0 Å². The van der Waals surface area contributed by atoms with Gasteiger partial charge in [-0.05, 0) is 49.4 Å². The number of aromatic nitrogens is 4. The summed E-state index contributed by atoms with van der Waals surface area (Å²) in [4.78, 5) is 20.9. The Labute approximate surface area is 167 Å². The number of hydrogen-bond acceptors (Lipinski definition) is 5. The molecule has 0 aliphatic heterocycles. The molecule has 29 heavy (non-hydrogen) atoms. The molecule has 0 aliphatic rings.